The van der Waals surface area contributed by atoms with Crippen molar-refractivity contribution in [1.82, 2.24) is 9.97 Å². The fourth-order valence-electron chi connectivity index (χ4n) is 1.43. The third-order valence-electron chi connectivity index (χ3n) is 2.26. The summed E-state index contributed by atoms with van der Waals surface area (Å²) in [6, 6.07) is 1.81. The van der Waals surface area contributed by atoms with Crippen molar-refractivity contribution in [1.29, 1.82) is 0 Å². The zero-order valence-electron chi connectivity index (χ0n) is 9.33. The summed E-state index contributed by atoms with van der Waals surface area (Å²) in [5, 5.41) is 0.364. The van der Waals surface area contributed by atoms with Crippen molar-refractivity contribution in [2.24, 2.45) is 0 Å². The standard InChI is InChI=1S/C11H10BrClN2O2/c1-6-7(3-4-17-6)11-14-8(5-16-2)9(12)10(13)15-11/h3-4H,5H2,1-2H3. The van der Waals surface area contributed by atoms with Crippen molar-refractivity contribution >= 4 is 27.5 Å². The van der Waals surface area contributed by atoms with E-state index in [9.17, 15) is 0 Å². The van der Waals surface area contributed by atoms with E-state index in [0.717, 1.165) is 11.3 Å². The van der Waals surface area contributed by atoms with Gasteiger partial charge in [-0.3, -0.25) is 0 Å². The van der Waals surface area contributed by atoms with Gasteiger partial charge in [-0.05, 0) is 28.9 Å². The maximum atomic E-state index is 6.04. The van der Waals surface area contributed by atoms with Crippen LogP contribution in [0.15, 0.2) is 21.2 Å². The van der Waals surface area contributed by atoms with Gasteiger partial charge in [-0.25, -0.2) is 9.97 Å². The van der Waals surface area contributed by atoms with E-state index in [4.69, 9.17) is 20.8 Å². The predicted molar refractivity (Wildman–Crippen MR) is 67.9 cm³/mol. The minimum Gasteiger partial charge on any atom is -0.469 e. The average molecular weight is 318 g/mol. The maximum Gasteiger partial charge on any atom is 0.164 e. The molecule has 0 aliphatic rings. The monoisotopic (exact) mass is 316 g/mol. The number of halogens is 2. The molecule has 2 aromatic rings. The Morgan fingerprint density at radius 1 is 1.47 bits per heavy atom. The fraction of sp³-hybridized carbons (Fsp3) is 0.273. The van der Waals surface area contributed by atoms with Gasteiger partial charge in [0.05, 0.1) is 28.6 Å². The highest BCUT2D eigenvalue weighted by Crippen LogP contribution is 2.28. The van der Waals surface area contributed by atoms with Gasteiger partial charge in [0.25, 0.3) is 0 Å². The first-order valence-corrected chi connectivity index (χ1v) is 6.06. The van der Waals surface area contributed by atoms with Crippen molar-refractivity contribution in [3.8, 4) is 11.4 Å². The number of nitrogens with zero attached hydrogens (tertiary/aromatic N) is 2. The van der Waals surface area contributed by atoms with Crippen LogP contribution in [0.3, 0.4) is 0 Å². The van der Waals surface area contributed by atoms with E-state index in [1.165, 1.54) is 0 Å². The van der Waals surface area contributed by atoms with Crippen LogP contribution in [0.4, 0.5) is 0 Å². The van der Waals surface area contributed by atoms with Crippen LogP contribution < -0.4 is 0 Å². The summed E-state index contributed by atoms with van der Waals surface area (Å²) in [5.74, 6) is 1.29. The van der Waals surface area contributed by atoms with Gasteiger partial charge in [-0.2, -0.15) is 0 Å². The molecule has 0 aliphatic carbocycles. The second-order valence-corrected chi connectivity index (χ2v) is 4.57. The Morgan fingerprint density at radius 3 is 2.82 bits per heavy atom. The number of ether oxygens (including phenoxy) is 1. The normalized spacial score (nSPS) is 10.8. The molecule has 0 fully saturated rings. The quantitative estimate of drug-likeness (QED) is 0.811. The second-order valence-electron chi connectivity index (χ2n) is 3.42. The van der Waals surface area contributed by atoms with Crippen LogP contribution in [0.1, 0.15) is 11.5 Å². The SMILES string of the molecule is COCc1nc(-c2ccoc2C)nc(Cl)c1Br. The van der Waals surface area contributed by atoms with E-state index in [2.05, 4.69) is 25.9 Å². The lowest BCUT2D eigenvalue weighted by Crippen LogP contribution is -2.00. The number of hydrogen-bond donors (Lipinski definition) is 0. The molecule has 90 valence electrons. The average Bonchev–Trinajstić information content (AvgIpc) is 2.71. The molecule has 0 unspecified atom stereocenters. The van der Waals surface area contributed by atoms with Gasteiger partial charge in [-0.1, -0.05) is 11.6 Å². The van der Waals surface area contributed by atoms with Crippen LogP contribution in [-0.2, 0) is 11.3 Å². The largest absolute Gasteiger partial charge is 0.469 e. The van der Waals surface area contributed by atoms with Gasteiger partial charge in [-0.15, -0.1) is 0 Å². The van der Waals surface area contributed by atoms with Crippen LogP contribution in [0.5, 0.6) is 0 Å². The predicted octanol–water partition coefficient (Wildman–Crippen LogP) is 3.61. The van der Waals surface area contributed by atoms with E-state index in [-0.39, 0.29) is 0 Å². The molecule has 2 rings (SSSR count). The minimum absolute atomic E-state index is 0.364. The van der Waals surface area contributed by atoms with Gasteiger partial charge >= 0.3 is 0 Å². The van der Waals surface area contributed by atoms with Gasteiger partial charge in [0.15, 0.2) is 5.82 Å². The van der Waals surface area contributed by atoms with Crippen LogP contribution in [0, 0.1) is 6.92 Å². The Bertz CT molecular complexity index is 542. The highest BCUT2D eigenvalue weighted by atomic mass is 79.9. The van der Waals surface area contributed by atoms with Crippen LogP contribution >= 0.6 is 27.5 Å². The summed E-state index contributed by atoms with van der Waals surface area (Å²) in [7, 11) is 1.60. The zero-order valence-corrected chi connectivity index (χ0v) is 11.7. The molecule has 0 aliphatic heterocycles. The molecule has 6 heteroatoms. The Kier molecular flexibility index (Phi) is 3.81. The highest BCUT2D eigenvalue weighted by Gasteiger charge is 2.14. The first-order valence-electron chi connectivity index (χ1n) is 4.88. The molecule has 0 aromatic carbocycles. The van der Waals surface area contributed by atoms with Gasteiger partial charge in [0.1, 0.15) is 10.9 Å². The molecule has 0 saturated heterocycles. The molecule has 2 aromatic heterocycles. The highest BCUT2D eigenvalue weighted by molar-refractivity contribution is 9.10. The minimum atomic E-state index is 0.364. The number of hydrogen-bond acceptors (Lipinski definition) is 4. The number of furan rings is 1. The molecule has 0 bridgehead atoms. The molecule has 4 nitrogen and oxygen atoms in total. The van der Waals surface area contributed by atoms with Gasteiger partial charge in [0, 0.05) is 7.11 Å². The third kappa shape index (κ3) is 2.51. The summed E-state index contributed by atoms with van der Waals surface area (Å²) in [6.45, 7) is 2.22. The summed E-state index contributed by atoms with van der Waals surface area (Å²) >= 11 is 9.38. The number of methoxy groups -OCH3 is 1. The smallest absolute Gasteiger partial charge is 0.164 e. The molecule has 0 radical (unpaired) electrons. The lowest BCUT2D eigenvalue weighted by molar-refractivity contribution is 0.181. The lowest BCUT2D eigenvalue weighted by Gasteiger charge is -2.06. The molecular formula is C11H10BrClN2O2. The van der Waals surface area contributed by atoms with E-state index in [1.807, 2.05) is 13.0 Å². The van der Waals surface area contributed by atoms with Crippen LogP contribution in [-0.4, -0.2) is 17.1 Å². The van der Waals surface area contributed by atoms with Crippen LogP contribution in [0.25, 0.3) is 11.4 Å². The molecule has 17 heavy (non-hydrogen) atoms. The van der Waals surface area contributed by atoms with E-state index in [1.54, 1.807) is 13.4 Å². The van der Waals surface area contributed by atoms with Crippen molar-refractivity contribution in [3.05, 3.63) is 33.4 Å². The molecule has 0 N–H and O–H groups in total. The summed E-state index contributed by atoms with van der Waals surface area (Å²) in [5.41, 5.74) is 1.54. The molecule has 0 atom stereocenters. The van der Waals surface area contributed by atoms with Gasteiger partial charge in [0.2, 0.25) is 0 Å². The Balaban J connectivity index is 2.53. The molecule has 0 spiro atoms. The van der Waals surface area contributed by atoms with E-state index in [0.29, 0.717) is 27.8 Å². The maximum absolute atomic E-state index is 6.04. The fourth-order valence-corrected chi connectivity index (χ4v) is 1.91. The summed E-state index contributed by atoms with van der Waals surface area (Å²) in [6.07, 6.45) is 1.60. The molecule has 0 amide bonds. The summed E-state index contributed by atoms with van der Waals surface area (Å²) in [4.78, 5) is 8.61. The van der Waals surface area contributed by atoms with Crippen molar-refractivity contribution in [2.45, 2.75) is 13.5 Å². The number of aromatic nitrogens is 2. The van der Waals surface area contributed by atoms with E-state index < -0.39 is 0 Å². The third-order valence-corrected chi connectivity index (χ3v) is 3.60. The van der Waals surface area contributed by atoms with Gasteiger partial charge < -0.3 is 9.15 Å². The van der Waals surface area contributed by atoms with E-state index >= 15 is 0 Å². The summed E-state index contributed by atoms with van der Waals surface area (Å²) < 4.78 is 10.9. The van der Waals surface area contributed by atoms with Crippen molar-refractivity contribution in [3.63, 3.8) is 0 Å². The lowest BCUT2D eigenvalue weighted by atomic mass is 10.2. The first kappa shape index (κ1) is 12.5. The Hall–Kier alpha value is -0.910. The second kappa shape index (κ2) is 5.16. The number of rotatable bonds is 3. The molecular weight excluding hydrogens is 307 g/mol. The topological polar surface area (TPSA) is 48.2 Å². The Morgan fingerprint density at radius 2 is 2.24 bits per heavy atom. The van der Waals surface area contributed by atoms with Crippen molar-refractivity contribution in [2.75, 3.05) is 7.11 Å². The number of aryl methyl sites for hydroxylation is 1. The molecule has 0 saturated carbocycles. The Labute approximate surface area is 112 Å². The van der Waals surface area contributed by atoms with Crippen molar-refractivity contribution < 1.29 is 9.15 Å². The molecule has 2 heterocycles. The zero-order chi connectivity index (χ0) is 12.4. The first-order chi connectivity index (χ1) is 8.13. The van der Waals surface area contributed by atoms with Crippen LogP contribution in [0.2, 0.25) is 5.15 Å².